The number of aromatic nitrogens is 2. The topological polar surface area (TPSA) is 47.0 Å². The van der Waals surface area contributed by atoms with Crippen LogP contribution in [-0.2, 0) is 0 Å². The molecule has 100 valence electrons. The van der Waals surface area contributed by atoms with E-state index >= 15 is 0 Å². The number of nitrogens with zero attached hydrogens (tertiary/aromatic N) is 2. The van der Waals surface area contributed by atoms with Gasteiger partial charge in [0.05, 0.1) is 7.11 Å². The molecule has 0 amide bonds. The Morgan fingerprint density at radius 1 is 1.33 bits per heavy atom. The van der Waals surface area contributed by atoms with Crippen LogP contribution in [0.3, 0.4) is 0 Å². The van der Waals surface area contributed by atoms with Crippen molar-refractivity contribution in [2.75, 3.05) is 13.7 Å². The fourth-order valence-corrected chi connectivity index (χ4v) is 2.75. The van der Waals surface area contributed by atoms with Gasteiger partial charge in [-0.3, -0.25) is 4.98 Å². The zero-order valence-electron chi connectivity index (χ0n) is 11.4. The van der Waals surface area contributed by atoms with Crippen LogP contribution < -0.4 is 10.1 Å². The number of hydrogen-bond acceptors (Lipinski definition) is 4. The van der Waals surface area contributed by atoms with Gasteiger partial charge in [-0.1, -0.05) is 13.3 Å². The minimum atomic E-state index is 0.483. The number of rotatable bonds is 5. The molecule has 1 aromatic rings. The predicted octanol–water partition coefficient (Wildman–Crippen LogP) is 2.51. The third-order valence-electron chi connectivity index (χ3n) is 3.63. The second-order valence-corrected chi connectivity index (χ2v) is 4.97. The van der Waals surface area contributed by atoms with E-state index in [1.807, 2.05) is 0 Å². The molecule has 1 heterocycles. The van der Waals surface area contributed by atoms with Gasteiger partial charge in [-0.05, 0) is 32.2 Å². The molecule has 1 aliphatic carbocycles. The Hall–Kier alpha value is -1.16. The molecule has 0 aromatic carbocycles. The largest absolute Gasteiger partial charge is 0.480 e. The minimum absolute atomic E-state index is 0.483. The molecule has 1 aliphatic rings. The quantitative estimate of drug-likeness (QED) is 0.871. The first-order valence-corrected chi connectivity index (χ1v) is 6.93. The van der Waals surface area contributed by atoms with Crippen molar-refractivity contribution in [1.82, 2.24) is 15.3 Å². The predicted molar refractivity (Wildman–Crippen MR) is 71.9 cm³/mol. The number of ether oxygens (including phenoxy) is 1. The van der Waals surface area contributed by atoms with Crippen LogP contribution in [0.5, 0.6) is 5.88 Å². The van der Waals surface area contributed by atoms with Crippen molar-refractivity contribution < 1.29 is 4.74 Å². The zero-order chi connectivity index (χ0) is 12.8. The Morgan fingerprint density at radius 3 is 2.94 bits per heavy atom. The summed E-state index contributed by atoms with van der Waals surface area (Å²) in [5.74, 6) is 1.18. The molecule has 2 unspecified atom stereocenters. The van der Waals surface area contributed by atoms with Crippen LogP contribution in [0.4, 0.5) is 0 Å². The van der Waals surface area contributed by atoms with Crippen LogP contribution in [0.25, 0.3) is 0 Å². The third-order valence-corrected chi connectivity index (χ3v) is 3.63. The average Bonchev–Trinajstić information content (AvgIpc) is 2.45. The van der Waals surface area contributed by atoms with Gasteiger partial charge in [-0.15, -0.1) is 0 Å². The van der Waals surface area contributed by atoms with E-state index in [9.17, 15) is 0 Å². The van der Waals surface area contributed by atoms with Crippen molar-refractivity contribution in [1.29, 1.82) is 0 Å². The first kappa shape index (κ1) is 13.3. The van der Waals surface area contributed by atoms with Crippen molar-refractivity contribution in [3.05, 3.63) is 18.1 Å². The molecule has 4 heteroatoms. The van der Waals surface area contributed by atoms with Gasteiger partial charge in [0.15, 0.2) is 0 Å². The summed E-state index contributed by atoms with van der Waals surface area (Å²) in [6.07, 6.45) is 9.52. The van der Waals surface area contributed by atoms with E-state index in [1.54, 1.807) is 19.5 Å². The summed E-state index contributed by atoms with van der Waals surface area (Å²) in [6.45, 7) is 3.31. The number of methoxy groups -OCH3 is 1. The lowest BCUT2D eigenvalue weighted by Crippen LogP contribution is -2.34. The summed E-state index contributed by atoms with van der Waals surface area (Å²) >= 11 is 0. The molecule has 2 rings (SSSR count). The Morgan fingerprint density at radius 2 is 2.17 bits per heavy atom. The molecule has 0 aliphatic heterocycles. The molecule has 1 saturated carbocycles. The summed E-state index contributed by atoms with van der Waals surface area (Å²) in [7, 11) is 1.67. The normalized spacial score (nSPS) is 23.9. The van der Waals surface area contributed by atoms with Crippen LogP contribution in [0.15, 0.2) is 12.4 Å². The maximum absolute atomic E-state index is 5.32. The van der Waals surface area contributed by atoms with Crippen molar-refractivity contribution in [2.24, 2.45) is 0 Å². The number of nitrogens with one attached hydrogen (secondary N) is 1. The van der Waals surface area contributed by atoms with Gasteiger partial charge in [0.1, 0.15) is 5.69 Å². The van der Waals surface area contributed by atoms with Gasteiger partial charge >= 0.3 is 0 Å². The van der Waals surface area contributed by atoms with Gasteiger partial charge in [-0.2, -0.15) is 0 Å². The molecule has 18 heavy (non-hydrogen) atoms. The molecule has 4 nitrogen and oxygen atoms in total. The molecule has 1 aromatic heterocycles. The SMILES string of the molecule is CCCNC1CCCC(c2nccnc2OC)C1. The van der Waals surface area contributed by atoms with Gasteiger partial charge in [0.25, 0.3) is 0 Å². The zero-order valence-corrected chi connectivity index (χ0v) is 11.4. The average molecular weight is 249 g/mol. The van der Waals surface area contributed by atoms with Crippen molar-refractivity contribution in [3.63, 3.8) is 0 Å². The number of hydrogen-bond donors (Lipinski definition) is 1. The third kappa shape index (κ3) is 3.19. The molecule has 1 fully saturated rings. The first-order chi connectivity index (χ1) is 8.85. The summed E-state index contributed by atoms with van der Waals surface area (Å²) in [6, 6.07) is 0.621. The smallest absolute Gasteiger partial charge is 0.235 e. The maximum Gasteiger partial charge on any atom is 0.235 e. The van der Waals surface area contributed by atoms with E-state index < -0.39 is 0 Å². The maximum atomic E-state index is 5.32. The molecule has 0 bridgehead atoms. The lowest BCUT2D eigenvalue weighted by Gasteiger charge is -2.29. The van der Waals surface area contributed by atoms with E-state index in [0.29, 0.717) is 17.8 Å². The highest BCUT2D eigenvalue weighted by Gasteiger charge is 2.26. The van der Waals surface area contributed by atoms with E-state index in [-0.39, 0.29) is 0 Å². The van der Waals surface area contributed by atoms with E-state index in [1.165, 1.54) is 25.7 Å². The first-order valence-electron chi connectivity index (χ1n) is 6.93. The highest BCUT2D eigenvalue weighted by molar-refractivity contribution is 5.22. The Balaban J connectivity index is 2.03. The Bertz CT molecular complexity index is 370. The fourth-order valence-electron chi connectivity index (χ4n) is 2.75. The van der Waals surface area contributed by atoms with E-state index in [4.69, 9.17) is 4.74 Å². The minimum Gasteiger partial charge on any atom is -0.480 e. The monoisotopic (exact) mass is 249 g/mol. The molecule has 0 saturated heterocycles. The summed E-state index contributed by atoms with van der Waals surface area (Å²) < 4.78 is 5.32. The molecular weight excluding hydrogens is 226 g/mol. The van der Waals surface area contributed by atoms with E-state index in [0.717, 1.165) is 18.7 Å². The van der Waals surface area contributed by atoms with Crippen LogP contribution in [-0.4, -0.2) is 29.7 Å². The molecule has 0 radical (unpaired) electrons. The lowest BCUT2D eigenvalue weighted by atomic mass is 9.83. The highest BCUT2D eigenvalue weighted by atomic mass is 16.5. The molecule has 1 N–H and O–H groups in total. The van der Waals surface area contributed by atoms with Crippen molar-refractivity contribution in [3.8, 4) is 5.88 Å². The Labute approximate surface area is 109 Å². The highest BCUT2D eigenvalue weighted by Crippen LogP contribution is 2.35. The van der Waals surface area contributed by atoms with Gasteiger partial charge in [0, 0.05) is 24.4 Å². The van der Waals surface area contributed by atoms with Crippen LogP contribution in [0.1, 0.15) is 50.6 Å². The lowest BCUT2D eigenvalue weighted by molar-refractivity contribution is 0.321. The van der Waals surface area contributed by atoms with E-state index in [2.05, 4.69) is 22.2 Å². The fraction of sp³-hybridized carbons (Fsp3) is 0.714. The van der Waals surface area contributed by atoms with Crippen molar-refractivity contribution in [2.45, 2.75) is 51.0 Å². The van der Waals surface area contributed by atoms with Crippen LogP contribution in [0.2, 0.25) is 0 Å². The van der Waals surface area contributed by atoms with Gasteiger partial charge in [-0.25, -0.2) is 4.98 Å². The van der Waals surface area contributed by atoms with Gasteiger partial charge < -0.3 is 10.1 Å². The van der Waals surface area contributed by atoms with Crippen LogP contribution >= 0.6 is 0 Å². The van der Waals surface area contributed by atoms with Crippen LogP contribution in [0, 0.1) is 0 Å². The second kappa shape index (κ2) is 6.69. The standard InChI is InChI=1S/C14H23N3O/c1-3-7-15-12-6-4-5-11(10-12)13-14(18-2)17-9-8-16-13/h8-9,11-12,15H,3-7,10H2,1-2H3. The van der Waals surface area contributed by atoms with Gasteiger partial charge in [0.2, 0.25) is 5.88 Å². The second-order valence-electron chi connectivity index (χ2n) is 4.97. The summed E-state index contributed by atoms with van der Waals surface area (Å²) in [5.41, 5.74) is 1.03. The summed E-state index contributed by atoms with van der Waals surface area (Å²) in [4.78, 5) is 8.73. The molecule has 0 spiro atoms. The molecular formula is C14H23N3O. The molecule has 2 atom stereocenters. The Kier molecular flexibility index (Phi) is 4.93. The van der Waals surface area contributed by atoms with Crippen molar-refractivity contribution >= 4 is 0 Å². The summed E-state index contributed by atoms with van der Waals surface area (Å²) in [5, 5.41) is 3.62.